The molecule has 0 spiro atoms. The van der Waals surface area contributed by atoms with Gasteiger partial charge < -0.3 is 5.73 Å². The van der Waals surface area contributed by atoms with Crippen LogP contribution in [0.1, 0.15) is 16.7 Å². The van der Waals surface area contributed by atoms with E-state index in [9.17, 15) is 0 Å². The summed E-state index contributed by atoms with van der Waals surface area (Å²) in [6.45, 7) is 4.86. The molecule has 2 aromatic carbocycles. The molecule has 0 fully saturated rings. The van der Waals surface area contributed by atoms with Crippen LogP contribution in [0.25, 0.3) is 11.1 Å². The van der Waals surface area contributed by atoms with Crippen LogP contribution in [0.15, 0.2) is 42.5 Å². The van der Waals surface area contributed by atoms with Gasteiger partial charge in [-0.1, -0.05) is 53.6 Å². The van der Waals surface area contributed by atoms with Gasteiger partial charge in [0.1, 0.15) is 0 Å². The lowest BCUT2D eigenvalue weighted by atomic mass is 10.00. The summed E-state index contributed by atoms with van der Waals surface area (Å²) >= 11 is 0. The molecule has 16 heavy (non-hydrogen) atoms. The van der Waals surface area contributed by atoms with Crippen molar-refractivity contribution < 1.29 is 0 Å². The summed E-state index contributed by atoms with van der Waals surface area (Å²) in [5.74, 6) is 0. The molecule has 0 atom stereocenters. The molecule has 0 aromatic heterocycles. The zero-order valence-corrected chi connectivity index (χ0v) is 9.83. The number of hydrogen-bond acceptors (Lipinski definition) is 1. The van der Waals surface area contributed by atoms with Crippen molar-refractivity contribution in [2.45, 2.75) is 20.4 Å². The maximum atomic E-state index is 5.59. The van der Waals surface area contributed by atoms with Gasteiger partial charge in [0, 0.05) is 6.54 Å². The zero-order chi connectivity index (χ0) is 11.5. The summed E-state index contributed by atoms with van der Waals surface area (Å²) in [5, 5.41) is 0. The van der Waals surface area contributed by atoms with Crippen LogP contribution in [0.4, 0.5) is 0 Å². The average Bonchev–Trinajstić information content (AvgIpc) is 2.28. The van der Waals surface area contributed by atoms with Gasteiger partial charge in [-0.2, -0.15) is 0 Å². The predicted molar refractivity (Wildman–Crippen MR) is 69.2 cm³/mol. The summed E-state index contributed by atoms with van der Waals surface area (Å²) in [7, 11) is 0. The summed E-state index contributed by atoms with van der Waals surface area (Å²) in [6.07, 6.45) is 0. The Morgan fingerprint density at radius 3 is 1.88 bits per heavy atom. The van der Waals surface area contributed by atoms with E-state index in [1.807, 2.05) is 0 Å². The molecule has 0 bridgehead atoms. The van der Waals surface area contributed by atoms with Gasteiger partial charge in [0.2, 0.25) is 0 Å². The van der Waals surface area contributed by atoms with E-state index >= 15 is 0 Å². The number of rotatable bonds is 2. The van der Waals surface area contributed by atoms with Crippen molar-refractivity contribution in [3.8, 4) is 11.1 Å². The van der Waals surface area contributed by atoms with E-state index < -0.39 is 0 Å². The summed E-state index contributed by atoms with van der Waals surface area (Å²) < 4.78 is 0. The first-order valence-electron chi connectivity index (χ1n) is 5.57. The first kappa shape index (κ1) is 10.9. The van der Waals surface area contributed by atoms with Crippen molar-refractivity contribution in [3.05, 3.63) is 59.2 Å². The van der Waals surface area contributed by atoms with E-state index in [2.05, 4.69) is 56.3 Å². The highest BCUT2D eigenvalue weighted by molar-refractivity contribution is 5.65. The quantitative estimate of drug-likeness (QED) is 0.809. The molecule has 0 amide bonds. The Morgan fingerprint density at radius 1 is 0.812 bits per heavy atom. The third-order valence-electron chi connectivity index (χ3n) is 2.74. The van der Waals surface area contributed by atoms with Gasteiger partial charge in [0.05, 0.1) is 0 Å². The van der Waals surface area contributed by atoms with Crippen molar-refractivity contribution in [2.75, 3.05) is 0 Å². The molecule has 0 radical (unpaired) electrons. The van der Waals surface area contributed by atoms with E-state index in [0.717, 1.165) is 0 Å². The monoisotopic (exact) mass is 211 g/mol. The van der Waals surface area contributed by atoms with Gasteiger partial charge in [0.25, 0.3) is 0 Å². The van der Waals surface area contributed by atoms with Crippen LogP contribution < -0.4 is 5.73 Å². The average molecular weight is 211 g/mol. The van der Waals surface area contributed by atoms with Gasteiger partial charge in [-0.3, -0.25) is 0 Å². The largest absolute Gasteiger partial charge is 0.326 e. The Bertz CT molecular complexity index is 463. The molecule has 1 heteroatoms. The van der Waals surface area contributed by atoms with E-state index in [4.69, 9.17) is 5.73 Å². The molecule has 2 rings (SSSR count). The standard InChI is InChI=1S/C15H17N/c1-11-7-12(2)9-15(8-11)14-5-3-13(10-16)4-6-14/h3-9H,10,16H2,1-2H3. The predicted octanol–water partition coefficient (Wildman–Crippen LogP) is 3.43. The molecule has 0 saturated carbocycles. The highest BCUT2D eigenvalue weighted by atomic mass is 14.5. The number of benzene rings is 2. The van der Waals surface area contributed by atoms with E-state index in [1.54, 1.807) is 0 Å². The van der Waals surface area contributed by atoms with Crippen LogP contribution in [0, 0.1) is 13.8 Å². The lowest BCUT2D eigenvalue weighted by molar-refractivity contribution is 1.07. The van der Waals surface area contributed by atoms with Crippen molar-refractivity contribution in [2.24, 2.45) is 5.73 Å². The molecule has 0 aliphatic rings. The fourth-order valence-electron chi connectivity index (χ4n) is 1.97. The van der Waals surface area contributed by atoms with Gasteiger partial charge in [0.15, 0.2) is 0 Å². The smallest absolute Gasteiger partial charge is 0.0178 e. The fourth-order valence-corrected chi connectivity index (χ4v) is 1.97. The number of aryl methyl sites for hydroxylation is 2. The van der Waals surface area contributed by atoms with E-state index in [1.165, 1.54) is 27.8 Å². The second-order valence-electron chi connectivity index (χ2n) is 4.28. The Kier molecular flexibility index (Phi) is 3.07. The second kappa shape index (κ2) is 4.50. The summed E-state index contributed by atoms with van der Waals surface area (Å²) in [4.78, 5) is 0. The minimum atomic E-state index is 0.604. The van der Waals surface area contributed by atoms with E-state index in [-0.39, 0.29) is 0 Å². The molecule has 2 N–H and O–H groups in total. The highest BCUT2D eigenvalue weighted by Crippen LogP contribution is 2.22. The molecule has 0 heterocycles. The van der Waals surface area contributed by atoms with Crippen LogP contribution >= 0.6 is 0 Å². The van der Waals surface area contributed by atoms with Crippen LogP contribution in [-0.2, 0) is 6.54 Å². The molecule has 0 unspecified atom stereocenters. The molecule has 1 nitrogen and oxygen atoms in total. The minimum absolute atomic E-state index is 0.604. The SMILES string of the molecule is Cc1cc(C)cc(-c2ccc(CN)cc2)c1. The van der Waals surface area contributed by atoms with Crippen LogP contribution in [0.5, 0.6) is 0 Å². The Hall–Kier alpha value is -1.60. The maximum absolute atomic E-state index is 5.59. The van der Waals surface area contributed by atoms with Gasteiger partial charge in [-0.05, 0) is 30.5 Å². The van der Waals surface area contributed by atoms with Crippen LogP contribution in [-0.4, -0.2) is 0 Å². The Balaban J connectivity index is 2.42. The Morgan fingerprint density at radius 2 is 1.38 bits per heavy atom. The molecule has 0 aliphatic heterocycles. The first-order valence-corrected chi connectivity index (χ1v) is 5.57. The van der Waals surface area contributed by atoms with Crippen LogP contribution in [0.2, 0.25) is 0 Å². The van der Waals surface area contributed by atoms with Gasteiger partial charge >= 0.3 is 0 Å². The highest BCUT2D eigenvalue weighted by Gasteiger charge is 1.99. The van der Waals surface area contributed by atoms with Gasteiger partial charge in [-0.15, -0.1) is 0 Å². The Labute approximate surface area is 96.9 Å². The van der Waals surface area contributed by atoms with Crippen molar-refractivity contribution in [1.82, 2.24) is 0 Å². The maximum Gasteiger partial charge on any atom is 0.0178 e. The van der Waals surface area contributed by atoms with Crippen molar-refractivity contribution in [1.29, 1.82) is 0 Å². The van der Waals surface area contributed by atoms with Crippen molar-refractivity contribution in [3.63, 3.8) is 0 Å². The topological polar surface area (TPSA) is 26.0 Å². The second-order valence-corrected chi connectivity index (χ2v) is 4.28. The zero-order valence-electron chi connectivity index (χ0n) is 9.83. The lowest BCUT2D eigenvalue weighted by Crippen LogP contribution is -1.95. The van der Waals surface area contributed by atoms with Crippen molar-refractivity contribution >= 4 is 0 Å². The first-order chi connectivity index (χ1) is 7.69. The summed E-state index contributed by atoms with van der Waals surface area (Å²) in [5.41, 5.74) is 11.9. The molecular formula is C15H17N. The van der Waals surface area contributed by atoms with E-state index in [0.29, 0.717) is 6.54 Å². The third kappa shape index (κ3) is 2.31. The number of hydrogen-bond donors (Lipinski definition) is 1. The minimum Gasteiger partial charge on any atom is -0.326 e. The normalized spacial score (nSPS) is 10.4. The molecular weight excluding hydrogens is 194 g/mol. The lowest BCUT2D eigenvalue weighted by Gasteiger charge is -2.06. The number of nitrogens with two attached hydrogens (primary N) is 1. The van der Waals surface area contributed by atoms with Gasteiger partial charge in [-0.25, -0.2) is 0 Å². The molecule has 0 aliphatic carbocycles. The fraction of sp³-hybridized carbons (Fsp3) is 0.200. The molecule has 0 saturated heterocycles. The summed E-state index contributed by atoms with van der Waals surface area (Å²) in [6, 6.07) is 15.1. The van der Waals surface area contributed by atoms with Crippen LogP contribution in [0.3, 0.4) is 0 Å². The third-order valence-corrected chi connectivity index (χ3v) is 2.74. The molecule has 82 valence electrons. The molecule has 2 aromatic rings.